The lowest BCUT2D eigenvalue weighted by Gasteiger charge is -2.09. The average molecular weight is 209 g/mol. The van der Waals surface area contributed by atoms with Gasteiger partial charge in [-0.25, -0.2) is 9.97 Å². The molecule has 5 heteroatoms. The van der Waals surface area contributed by atoms with Crippen molar-refractivity contribution in [3.63, 3.8) is 0 Å². The van der Waals surface area contributed by atoms with Crippen molar-refractivity contribution in [1.29, 1.82) is 0 Å². The Morgan fingerprint density at radius 2 is 2.50 bits per heavy atom. The summed E-state index contributed by atoms with van der Waals surface area (Å²) in [7, 11) is 0. The zero-order valence-electron chi connectivity index (χ0n) is 7.77. The van der Waals surface area contributed by atoms with Crippen LogP contribution in [0.15, 0.2) is 17.6 Å². The first-order valence-electron chi connectivity index (χ1n) is 4.37. The molecule has 0 bridgehead atoms. The molecule has 0 amide bonds. The molecule has 4 nitrogen and oxygen atoms in total. The first-order valence-corrected chi connectivity index (χ1v) is 5.25. The van der Waals surface area contributed by atoms with E-state index in [9.17, 15) is 0 Å². The van der Waals surface area contributed by atoms with Gasteiger partial charge < -0.3 is 10.4 Å². The SMILES string of the molecule is CC(CO)Nc1ncc2sccc2n1. The summed E-state index contributed by atoms with van der Waals surface area (Å²) in [6.45, 7) is 1.95. The van der Waals surface area contributed by atoms with Crippen LogP contribution in [-0.2, 0) is 0 Å². The van der Waals surface area contributed by atoms with Gasteiger partial charge in [0.25, 0.3) is 0 Å². The van der Waals surface area contributed by atoms with Crippen molar-refractivity contribution in [2.75, 3.05) is 11.9 Å². The fourth-order valence-corrected chi connectivity index (χ4v) is 1.79. The number of rotatable bonds is 3. The fraction of sp³-hybridized carbons (Fsp3) is 0.333. The lowest BCUT2D eigenvalue weighted by atomic mass is 10.4. The van der Waals surface area contributed by atoms with Crippen LogP contribution >= 0.6 is 11.3 Å². The molecule has 74 valence electrons. The molecule has 2 aromatic rings. The second-order valence-corrected chi connectivity index (χ2v) is 4.04. The minimum absolute atomic E-state index is 0.0221. The first-order chi connectivity index (χ1) is 6.79. The largest absolute Gasteiger partial charge is 0.394 e. The molecule has 14 heavy (non-hydrogen) atoms. The molecular formula is C9H11N3OS. The Labute approximate surface area is 85.6 Å². The Morgan fingerprint density at radius 3 is 3.29 bits per heavy atom. The number of nitrogens with one attached hydrogen (secondary N) is 1. The summed E-state index contributed by atoms with van der Waals surface area (Å²) in [6, 6.07) is 1.93. The topological polar surface area (TPSA) is 58.0 Å². The Kier molecular flexibility index (Phi) is 2.60. The molecular weight excluding hydrogens is 198 g/mol. The van der Waals surface area contributed by atoms with Gasteiger partial charge in [0.1, 0.15) is 0 Å². The van der Waals surface area contributed by atoms with Crippen LogP contribution in [0.25, 0.3) is 10.2 Å². The number of nitrogens with zero attached hydrogens (tertiary/aromatic N) is 2. The highest BCUT2D eigenvalue weighted by atomic mass is 32.1. The van der Waals surface area contributed by atoms with Crippen LogP contribution < -0.4 is 5.32 Å². The zero-order valence-corrected chi connectivity index (χ0v) is 8.58. The van der Waals surface area contributed by atoms with Crippen LogP contribution in [0.2, 0.25) is 0 Å². The molecule has 0 aromatic carbocycles. The van der Waals surface area contributed by atoms with E-state index >= 15 is 0 Å². The predicted octanol–water partition coefficient (Wildman–Crippen LogP) is 1.48. The molecule has 0 saturated carbocycles. The summed E-state index contributed by atoms with van der Waals surface area (Å²) in [6.07, 6.45) is 1.79. The quantitative estimate of drug-likeness (QED) is 0.804. The van der Waals surface area contributed by atoms with E-state index in [4.69, 9.17) is 5.11 Å². The van der Waals surface area contributed by atoms with Crippen LogP contribution in [0.3, 0.4) is 0 Å². The van der Waals surface area contributed by atoms with Gasteiger partial charge in [-0.05, 0) is 18.4 Å². The molecule has 1 unspecified atom stereocenters. The maximum Gasteiger partial charge on any atom is 0.223 e. The number of aliphatic hydroxyl groups excluding tert-OH is 1. The second-order valence-electron chi connectivity index (χ2n) is 3.09. The van der Waals surface area contributed by atoms with Crippen molar-refractivity contribution in [2.45, 2.75) is 13.0 Å². The molecule has 2 N–H and O–H groups in total. The molecule has 2 aromatic heterocycles. The van der Waals surface area contributed by atoms with Gasteiger partial charge in [-0.15, -0.1) is 11.3 Å². The minimum Gasteiger partial charge on any atom is -0.394 e. The third kappa shape index (κ3) is 1.83. The lowest BCUT2D eigenvalue weighted by molar-refractivity contribution is 0.281. The van der Waals surface area contributed by atoms with E-state index < -0.39 is 0 Å². The van der Waals surface area contributed by atoms with Gasteiger partial charge in [0, 0.05) is 6.04 Å². The number of hydrogen-bond acceptors (Lipinski definition) is 5. The van der Waals surface area contributed by atoms with Crippen molar-refractivity contribution < 1.29 is 5.11 Å². The summed E-state index contributed by atoms with van der Waals surface area (Å²) in [4.78, 5) is 8.44. The molecule has 1 atom stereocenters. The standard InChI is InChI=1S/C9H11N3OS/c1-6(5-13)11-9-10-4-8-7(12-9)2-3-14-8/h2-4,6,13H,5H2,1H3,(H,10,11,12). The van der Waals surface area contributed by atoms with Crippen molar-refractivity contribution in [3.8, 4) is 0 Å². The van der Waals surface area contributed by atoms with Gasteiger partial charge in [-0.2, -0.15) is 0 Å². The number of hydrogen-bond donors (Lipinski definition) is 2. The van der Waals surface area contributed by atoms with Crippen molar-refractivity contribution >= 4 is 27.5 Å². The summed E-state index contributed by atoms with van der Waals surface area (Å²) >= 11 is 1.62. The molecule has 2 rings (SSSR count). The first kappa shape index (κ1) is 9.36. The highest BCUT2D eigenvalue weighted by Crippen LogP contribution is 2.18. The van der Waals surface area contributed by atoms with Gasteiger partial charge in [0.05, 0.1) is 23.0 Å². The summed E-state index contributed by atoms with van der Waals surface area (Å²) in [5.41, 5.74) is 0.942. The zero-order chi connectivity index (χ0) is 9.97. The second kappa shape index (κ2) is 3.89. The van der Waals surface area contributed by atoms with E-state index in [0.29, 0.717) is 5.95 Å². The molecule has 0 saturated heterocycles. The van der Waals surface area contributed by atoms with E-state index in [0.717, 1.165) is 10.2 Å². The van der Waals surface area contributed by atoms with Crippen LogP contribution in [0.5, 0.6) is 0 Å². The van der Waals surface area contributed by atoms with E-state index in [2.05, 4.69) is 15.3 Å². The summed E-state index contributed by atoms with van der Waals surface area (Å²) < 4.78 is 1.08. The molecule has 0 aliphatic rings. The van der Waals surface area contributed by atoms with E-state index in [1.54, 1.807) is 17.5 Å². The highest BCUT2D eigenvalue weighted by Gasteiger charge is 2.03. The van der Waals surface area contributed by atoms with Crippen LogP contribution in [0.4, 0.5) is 5.95 Å². The maximum absolute atomic E-state index is 8.85. The number of fused-ring (bicyclic) bond motifs is 1. The molecule has 0 radical (unpaired) electrons. The average Bonchev–Trinajstić information content (AvgIpc) is 2.64. The van der Waals surface area contributed by atoms with E-state index in [-0.39, 0.29) is 12.6 Å². The number of aliphatic hydroxyl groups is 1. The summed E-state index contributed by atoms with van der Waals surface area (Å²) in [5, 5.41) is 13.8. The van der Waals surface area contributed by atoms with Crippen LogP contribution in [-0.4, -0.2) is 27.7 Å². The van der Waals surface area contributed by atoms with Crippen LogP contribution in [0, 0.1) is 0 Å². The Morgan fingerprint density at radius 1 is 1.64 bits per heavy atom. The minimum atomic E-state index is -0.0221. The Bertz CT molecular complexity index is 429. The molecule has 0 aliphatic carbocycles. The van der Waals surface area contributed by atoms with Crippen molar-refractivity contribution in [3.05, 3.63) is 17.6 Å². The fourth-order valence-electron chi connectivity index (χ4n) is 1.10. The third-order valence-electron chi connectivity index (χ3n) is 1.85. The molecule has 2 heterocycles. The van der Waals surface area contributed by atoms with Crippen LogP contribution in [0.1, 0.15) is 6.92 Å². The Balaban J connectivity index is 2.25. The normalized spacial score (nSPS) is 13.0. The van der Waals surface area contributed by atoms with E-state index in [1.165, 1.54) is 0 Å². The smallest absolute Gasteiger partial charge is 0.223 e. The number of thiophene rings is 1. The number of aromatic nitrogens is 2. The van der Waals surface area contributed by atoms with Gasteiger partial charge in [-0.3, -0.25) is 0 Å². The summed E-state index contributed by atoms with van der Waals surface area (Å²) in [5.74, 6) is 0.567. The molecule has 0 aliphatic heterocycles. The van der Waals surface area contributed by atoms with Crippen molar-refractivity contribution in [2.24, 2.45) is 0 Å². The van der Waals surface area contributed by atoms with Gasteiger partial charge >= 0.3 is 0 Å². The monoisotopic (exact) mass is 209 g/mol. The van der Waals surface area contributed by atoms with Gasteiger partial charge in [-0.1, -0.05) is 0 Å². The molecule has 0 fully saturated rings. The maximum atomic E-state index is 8.85. The Hall–Kier alpha value is -1.20. The van der Waals surface area contributed by atoms with Gasteiger partial charge in [0.15, 0.2) is 0 Å². The van der Waals surface area contributed by atoms with Crippen molar-refractivity contribution in [1.82, 2.24) is 9.97 Å². The predicted molar refractivity (Wildman–Crippen MR) is 57.6 cm³/mol. The third-order valence-corrected chi connectivity index (χ3v) is 2.69. The lowest BCUT2D eigenvalue weighted by Crippen LogP contribution is -2.20. The van der Waals surface area contributed by atoms with Gasteiger partial charge in [0.2, 0.25) is 5.95 Å². The highest BCUT2D eigenvalue weighted by molar-refractivity contribution is 7.17. The van der Waals surface area contributed by atoms with E-state index in [1.807, 2.05) is 18.4 Å². The molecule has 0 spiro atoms. The number of anilines is 1.